The van der Waals surface area contributed by atoms with Crippen LogP contribution in [0.2, 0.25) is 0 Å². The smallest absolute Gasteiger partial charge is 0.301 e. The van der Waals surface area contributed by atoms with E-state index >= 15 is 0 Å². The molecule has 0 aliphatic carbocycles. The summed E-state index contributed by atoms with van der Waals surface area (Å²) in [4.78, 5) is 26.4. The lowest BCUT2D eigenvalue weighted by Crippen LogP contribution is -2.29. The number of likely N-dealkylation sites (tertiary alicyclic amines) is 1. The van der Waals surface area contributed by atoms with E-state index in [0.717, 1.165) is 37.0 Å². The van der Waals surface area contributed by atoms with Gasteiger partial charge >= 0.3 is 6.01 Å². The zero-order valence-electron chi connectivity index (χ0n) is 13.5. The van der Waals surface area contributed by atoms with Crippen LogP contribution in [0.15, 0.2) is 35.2 Å². The van der Waals surface area contributed by atoms with E-state index in [1.165, 1.54) is 18.0 Å². The summed E-state index contributed by atoms with van der Waals surface area (Å²) in [5.41, 5.74) is 3.39. The number of fused-ring (bicyclic) bond motifs is 1. The number of aromatic nitrogens is 3. The average Bonchev–Trinajstić information content (AvgIpc) is 3.24. The van der Waals surface area contributed by atoms with Crippen molar-refractivity contribution >= 4 is 23.0 Å². The first kappa shape index (κ1) is 14.9. The summed E-state index contributed by atoms with van der Waals surface area (Å²) in [5, 5.41) is 2.60. The number of aromatic amines is 1. The molecular weight excluding hydrogens is 306 g/mol. The minimum atomic E-state index is -0.324. The minimum Gasteiger partial charge on any atom is -0.432 e. The summed E-state index contributed by atoms with van der Waals surface area (Å²) < 4.78 is 5.05. The zero-order chi connectivity index (χ0) is 16.5. The Morgan fingerprint density at radius 3 is 2.96 bits per heavy atom. The molecule has 1 aliphatic heterocycles. The molecule has 124 valence electrons. The molecule has 1 saturated heterocycles. The van der Waals surface area contributed by atoms with Crippen LogP contribution in [-0.2, 0) is 0 Å². The molecule has 7 nitrogen and oxygen atoms in total. The molecular formula is C17H19N5O2. The van der Waals surface area contributed by atoms with Crippen molar-refractivity contribution in [1.82, 2.24) is 19.9 Å². The van der Waals surface area contributed by atoms with Crippen molar-refractivity contribution in [3.8, 4) is 0 Å². The Kier molecular flexibility index (Phi) is 3.78. The maximum absolute atomic E-state index is 12.3. The molecule has 4 rings (SSSR count). The van der Waals surface area contributed by atoms with Gasteiger partial charge in [0.1, 0.15) is 12.0 Å². The number of carbonyl (C=O) groups is 1. The third-order valence-corrected chi connectivity index (χ3v) is 4.60. The molecule has 0 atom stereocenters. The summed E-state index contributed by atoms with van der Waals surface area (Å²) in [6.45, 7) is 2.17. The molecule has 0 radical (unpaired) electrons. The number of nitrogens with one attached hydrogen (secondary N) is 2. The fourth-order valence-electron chi connectivity index (χ4n) is 3.22. The average molecular weight is 325 g/mol. The van der Waals surface area contributed by atoms with Crippen molar-refractivity contribution in [2.45, 2.75) is 18.8 Å². The largest absolute Gasteiger partial charge is 0.432 e. The normalized spacial score (nSPS) is 16.5. The van der Waals surface area contributed by atoms with Crippen LogP contribution in [0.5, 0.6) is 0 Å². The van der Waals surface area contributed by atoms with Crippen molar-refractivity contribution in [3.63, 3.8) is 0 Å². The predicted molar refractivity (Wildman–Crippen MR) is 90.0 cm³/mol. The molecule has 7 heteroatoms. The molecule has 3 aromatic heterocycles. The lowest BCUT2D eigenvalue weighted by molar-refractivity contribution is 0.101. The zero-order valence-corrected chi connectivity index (χ0v) is 13.5. The molecule has 0 spiro atoms. The van der Waals surface area contributed by atoms with Crippen molar-refractivity contribution in [2.75, 3.05) is 25.5 Å². The van der Waals surface area contributed by atoms with Crippen molar-refractivity contribution in [1.29, 1.82) is 0 Å². The molecule has 2 N–H and O–H groups in total. The number of pyridine rings is 1. The highest BCUT2D eigenvalue weighted by Gasteiger charge is 2.22. The van der Waals surface area contributed by atoms with E-state index in [2.05, 4.69) is 32.2 Å². The first-order valence-corrected chi connectivity index (χ1v) is 8.08. The van der Waals surface area contributed by atoms with Gasteiger partial charge in [-0.2, -0.15) is 0 Å². The number of carbonyl (C=O) groups excluding carboxylic acids is 1. The second kappa shape index (κ2) is 6.09. The van der Waals surface area contributed by atoms with Crippen LogP contribution in [0, 0.1) is 0 Å². The Bertz CT molecular complexity index is 847. The Balaban J connectivity index is 1.62. The van der Waals surface area contributed by atoms with Gasteiger partial charge in [0.05, 0.1) is 17.2 Å². The molecule has 0 saturated carbocycles. The highest BCUT2D eigenvalue weighted by atomic mass is 16.4. The van der Waals surface area contributed by atoms with Gasteiger partial charge < -0.3 is 14.3 Å². The number of oxazole rings is 1. The third-order valence-electron chi connectivity index (χ3n) is 4.60. The molecule has 1 aliphatic rings. The minimum absolute atomic E-state index is 0.173. The van der Waals surface area contributed by atoms with Gasteiger partial charge in [0.2, 0.25) is 0 Å². The van der Waals surface area contributed by atoms with Crippen LogP contribution in [0.25, 0.3) is 11.0 Å². The number of anilines is 1. The van der Waals surface area contributed by atoms with Crippen molar-refractivity contribution < 1.29 is 9.21 Å². The van der Waals surface area contributed by atoms with Crippen LogP contribution < -0.4 is 5.32 Å². The van der Waals surface area contributed by atoms with Crippen molar-refractivity contribution in [3.05, 3.63) is 42.0 Å². The summed E-state index contributed by atoms with van der Waals surface area (Å²) in [6.07, 6.45) is 7.15. The molecule has 0 bridgehead atoms. The number of amides is 1. The van der Waals surface area contributed by atoms with E-state index < -0.39 is 0 Å². The predicted octanol–water partition coefficient (Wildman–Crippen LogP) is 2.61. The molecule has 0 unspecified atom stereocenters. The number of hydrogen-bond acceptors (Lipinski definition) is 5. The van der Waals surface area contributed by atoms with E-state index in [1.54, 1.807) is 6.07 Å². The maximum Gasteiger partial charge on any atom is 0.301 e. The van der Waals surface area contributed by atoms with E-state index in [4.69, 9.17) is 4.42 Å². The van der Waals surface area contributed by atoms with E-state index in [9.17, 15) is 4.79 Å². The Hall–Kier alpha value is -2.67. The van der Waals surface area contributed by atoms with Gasteiger partial charge in [-0.15, -0.1) is 0 Å². The molecule has 1 amide bonds. The highest BCUT2D eigenvalue weighted by molar-refractivity contribution is 6.03. The Labute approximate surface area is 139 Å². The lowest BCUT2D eigenvalue weighted by atomic mass is 9.90. The standard InChI is InChI=1S/C17H19N5O2/c1-22-7-4-11(5-8-22)12-10-19-13-2-3-14(20-15(12)13)16(23)21-17-18-6-9-24-17/h2-3,6,9-11,19H,4-5,7-8H2,1H3,(H,18,21,23). The fraction of sp³-hybridized carbons (Fsp3) is 0.353. The number of nitrogens with zero attached hydrogens (tertiary/aromatic N) is 3. The maximum atomic E-state index is 12.3. The quantitative estimate of drug-likeness (QED) is 0.773. The molecule has 24 heavy (non-hydrogen) atoms. The first-order valence-electron chi connectivity index (χ1n) is 8.08. The summed E-state index contributed by atoms with van der Waals surface area (Å²) in [5.74, 6) is 0.155. The Morgan fingerprint density at radius 2 is 2.21 bits per heavy atom. The highest BCUT2D eigenvalue weighted by Crippen LogP contribution is 2.32. The lowest BCUT2D eigenvalue weighted by Gasteiger charge is -2.28. The molecule has 4 heterocycles. The van der Waals surface area contributed by atoms with Gasteiger partial charge in [-0.25, -0.2) is 9.97 Å². The topological polar surface area (TPSA) is 87.0 Å². The van der Waals surface area contributed by atoms with Crippen LogP contribution >= 0.6 is 0 Å². The van der Waals surface area contributed by atoms with Gasteiger partial charge in [-0.1, -0.05) is 0 Å². The Morgan fingerprint density at radius 1 is 1.38 bits per heavy atom. The van der Waals surface area contributed by atoms with Gasteiger partial charge in [0.15, 0.2) is 0 Å². The number of rotatable bonds is 3. The van der Waals surface area contributed by atoms with Crippen LogP contribution in [0.1, 0.15) is 34.8 Å². The number of H-pyrrole nitrogens is 1. The van der Waals surface area contributed by atoms with E-state index in [1.807, 2.05) is 12.3 Å². The van der Waals surface area contributed by atoms with Crippen molar-refractivity contribution in [2.24, 2.45) is 0 Å². The van der Waals surface area contributed by atoms with Crippen LogP contribution in [0.3, 0.4) is 0 Å². The third kappa shape index (κ3) is 2.78. The SMILES string of the molecule is CN1CCC(c2c[nH]c3ccc(C(=O)Nc4ncco4)nc23)CC1. The van der Waals surface area contributed by atoms with E-state index in [-0.39, 0.29) is 11.9 Å². The molecule has 1 fully saturated rings. The molecule has 3 aromatic rings. The summed E-state index contributed by atoms with van der Waals surface area (Å²) in [6, 6.07) is 3.77. The van der Waals surface area contributed by atoms with Crippen LogP contribution in [-0.4, -0.2) is 45.9 Å². The number of hydrogen-bond donors (Lipinski definition) is 2. The summed E-state index contributed by atoms with van der Waals surface area (Å²) >= 11 is 0. The fourth-order valence-corrected chi connectivity index (χ4v) is 3.22. The summed E-state index contributed by atoms with van der Waals surface area (Å²) in [7, 11) is 2.15. The number of piperidine rings is 1. The van der Waals surface area contributed by atoms with Crippen LogP contribution in [0.4, 0.5) is 6.01 Å². The monoisotopic (exact) mass is 325 g/mol. The van der Waals surface area contributed by atoms with Gasteiger partial charge in [-0.3, -0.25) is 10.1 Å². The van der Waals surface area contributed by atoms with E-state index in [0.29, 0.717) is 11.6 Å². The van der Waals surface area contributed by atoms with Gasteiger partial charge in [-0.05, 0) is 56.6 Å². The van der Waals surface area contributed by atoms with Gasteiger partial charge in [0.25, 0.3) is 5.91 Å². The first-order chi connectivity index (χ1) is 11.7. The van der Waals surface area contributed by atoms with Gasteiger partial charge in [0, 0.05) is 6.20 Å². The second-order valence-electron chi connectivity index (χ2n) is 6.21. The second-order valence-corrected chi connectivity index (χ2v) is 6.21. The molecule has 0 aromatic carbocycles.